The van der Waals surface area contributed by atoms with Crippen molar-refractivity contribution in [1.29, 1.82) is 0 Å². The Morgan fingerprint density at radius 1 is 1.58 bits per heavy atom. The molecule has 2 N–H and O–H groups in total. The van der Waals surface area contributed by atoms with Gasteiger partial charge in [-0.15, -0.1) is 0 Å². The maximum absolute atomic E-state index is 11.0. The van der Waals surface area contributed by atoms with Crippen molar-refractivity contribution in [2.75, 3.05) is 30.9 Å². The number of hydrogen-bond donors (Lipinski definition) is 2. The minimum Gasteiger partial charge on any atom is -0.393 e. The van der Waals surface area contributed by atoms with Crippen molar-refractivity contribution in [3.05, 3.63) is 22.2 Å². The van der Waals surface area contributed by atoms with Gasteiger partial charge >= 0.3 is 5.69 Å². The van der Waals surface area contributed by atoms with Crippen LogP contribution in [0.25, 0.3) is 0 Å². The third-order valence-corrected chi connectivity index (χ3v) is 3.41. The van der Waals surface area contributed by atoms with Crippen LogP contribution in [-0.4, -0.2) is 41.8 Å². The molecule has 1 saturated carbocycles. The molecule has 1 aliphatic carbocycles. The Kier molecular flexibility index (Phi) is 3.84. The Bertz CT molecular complexity index is 474. The summed E-state index contributed by atoms with van der Waals surface area (Å²) in [6, 6.07) is 3.04. The van der Waals surface area contributed by atoms with E-state index in [0.29, 0.717) is 24.1 Å². The lowest BCUT2D eigenvalue weighted by atomic mass is 9.82. The van der Waals surface area contributed by atoms with E-state index < -0.39 is 4.92 Å². The first kappa shape index (κ1) is 13.5. The number of nitrogens with zero attached hydrogens (tertiary/aromatic N) is 3. The van der Waals surface area contributed by atoms with Gasteiger partial charge in [-0.3, -0.25) is 10.1 Å². The van der Waals surface area contributed by atoms with Crippen LogP contribution in [0.4, 0.5) is 17.3 Å². The molecule has 104 valence electrons. The summed E-state index contributed by atoms with van der Waals surface area (Å²) in [4.78, 5) is 16.6. The second-order valence-electron chi connectivity index (χ2n) is 4.92. The quantitative estimate of drug-likeness (QED) is 0.615. The second-order valence-corrected chi connectivity index (χ2v) is 4.92. The Hall–Kier alpha value is -1.89. The van der Waals surface area contributed by atoms with Gasteiger partial charge in [0.05, 0.1) is 11.0 Å². The van der Waals surface area contributed by atoms with Crippen LogP contribution in [0.5, 0.6) is 0 Å². The summed E-state index contributed by atoms with van der Waals surface area (Å²) in [6.45, 7) is 0.665. The molecule has 2 rings (SSSR count). The number of pyridine rings is 1. The number of hydrogen-bond acceptors (Lipinski definition) is 6. The Balaban J connectivity index is 2.17. The van der Waals surface area contributed by atoms with Crippen molar-refractivity contribution < 1.29 is 10.0 Å². The highest BCUT2D eigenvalue weighted by Gasteiger charge is 2.30. The standard InChI is InChI=1S/C12H18N4O3/c1-13-11-4-3-10(16(18)19)12(14-11)15(2)7-8-5-9(17)6-8/h3-4,8-9,17H,5-7H2,1-2H3,(H,13,14). The zero-order chi connectivity index (χ0) is 14.0. The van der Waals surface area contributed by atoms with Crippen molar-refractivity contribution in [3.8, 4) is 0 Å². The Morgan fingerprint density at radius 3 is 2.79 bits per heavy atom. The van der Waals surface area contributed by atoms with Crippen molar-refractivity contribution in [2.45, 2.75) is 18.9 Å². The SMILES string of the molecule is CNc1ccc([N+](=O)[O-])c(N(C)CC2CC(O)C2)n1. The predicted molar refractivity (Wildman–Crippen MR) is 72.4 cm³/mol. The molecule has 0 atom stereocenters. The van der Waals surface area contributed by atoms with Crippen LogP contribution < -0.4 is 10.2 Å². The van der Waals surface area contributed by atoms with Crippen LogP contribution in [-0.2, 0) is 0 Å². The topological polar surface area (TPSA) is 91.5 Å². The van der Waals surface area contributed by atoms with Crippen LogP contribution in [0.1, 0.15) is 12.8 Å². The third-order valence-electron chi connectivity index (χ3n) is 3.41. The number of aliphatic hydroxyl groups is 1. The smallest absolute Gasteiger partial charge is 0.311 e. The van der Waals surface area contributed by atoms with Gasteiger partial charge in [0.25, 0.3) is 0 Å². The first-order chi connectivity index (χ1) is 9.01. The molecule has 0 amide bonds. The number of aromatic nitrogens is 1. The fourth-order valence-electron chi connectivity index (χ4n) is 2.33. The zero-order valence-corrected chi connectivity index (χ0v) is 11.0. The first-order valence-corrected chi connectivity index (χ1v) is 6.23. The van der Waals surface area contributed by atoms with Crippen molar-refractivity contribution in [2.24, 2.45) is 5.92 Å². The van der Waals surface area contributed by atoms with E-state index in [-0.39, 0.29) is 11.8 Å². The molecule has 0 radical (unpaired) electrons. The summed E-state index contributed by atoms with van der Waals surface area (Å²) in [7, 11) is 3.51. The van der Waals surface area contributed by atoms with Gasteiger partial charge in [0.2, 0.25) is 5.82 Å². The molecule has 0 aromatic carbocycles. The van der Waals surface area contributed by atoms with Gasteiger partial charge < -0.3 is 15.3 Å². The third kappa shape index (κ3) is 2.93. The molecule has 0 unspecified atom stereocenters. The molecule has 1 aliphatic rings. The lowest BCUT2D eigenvalue weighted by Gasteiger charge is -2.34. The maximum atomic E-state index is 11.0. The molecule has 1 aromatic heterocycles. The van der Waals surface area contributed by atoms with E-state index in [9.17, 15) is 15.2 Å². The molecule has 7 heteroatoms. The molecular weight excluding hydrogens is 248 g/mol. The molecule has 0 spiro atoms. The number of nitrogens with one attached hydrogen (secondary N) is 1. The molecular formula is C12H18N4O3. The summed E-state index contributed by atoms with van der Waals surface area (Å²) in [5, 5.41) is 23.2. The lowest BCUT2D eigenvalue weighted by molar-refractivity contribution is -0.384. The Labute approximate surface area is 111 Å². The summed E-state index contributed by atoms with van der Waals surface area (Å²) in [5.74, 6) is 1.33. The highest BCUT2D eigenvalue weighted by molar-refractivity contribution is 5.61. The van der Waals surface area contributed by atoms with Gasteiger partial charge in [0, 0.05) is 26.7 Å². The van der Waals surface area contributed by atoms with Crippen LogP contribution in [0.2, 0.25) is 0 Å². The van der Waals surface area contributed by atoms with Crippen LogP contribution in [0.3, 0.4) is 0 Å². The number of rotatable bonds is 5. The maximum Gasteiger partial charge on any atom is 0.311 e. The summed E-state index contributed by atoms with van der Waals surface area (Å²) < 4.78 is 0. The van der Waals surface area contributed by atoms with E-state index in [1.165, 1.54) is 6.07 Å². The van der Waals surface area contributed by atoms with Crippen molar-refractivity contribution >= 4 is 17.3 Å². The average molecular weight is 266 g/mol. The minimum absolute atomic E-state index is 0.00127. The van der Waals surface area contributed by atoms with E-state index in [0.717, 1.165) is 12.8 Å². The molecule has 0 aliphatic heterocycles. The largest absolute Gasteiger partial charge is 0.393 e. The molecule has 0 saturated heterocycles. The zero-order valence-electron chi connectivity index (χ0n) is 11.0. The summed E-state index contributed by atoms with van der Waals surface area (Å²) in [5.41, 5.74) is 0.00127. The van der Waals surface area contributed by atoms with Gasteiger partial charge in [-0.2, -0.15) is 0 Å². The van der Waals surface area contributed by atoms with Crippen molar-refractivity contribution in [3.63, 3.8) is 0 Å². The molecule has 1 aromatic rings. The fourth-order valence-corrected chi connectivity index (χ4v) is 2.33. The molecule has 1 heterocycles. The van der Waals surface area contributed by atoms with Gasteiger partial charge in [0.15, 0.2) is 0 Å². The van der Waals surface area contributed by atoms with Crippen LogP contribution in [0, 0.1) is 16.0 Å². The lowest BCUT2D eigenvalue weighted by Crippen LogP contribution is -2.37. The number of anilines is 2. The summed E-state index contributed by atoms with van der Waals surface area (Å²) in [6.07, 6.45) is 1.29. The van der Waals surface area contributed by atoms with Gasteiger partial charge in [0.1, 0.15) is 5.82 Å². The van der Waals surface area contributed by atoms with E-state index in [1.807, 2.05) is 0 Å². The number of nitro groups is 1. The van der Waals surface area contributed by atoms with E-state index in [4.69, 9.17) is 0 Å². The van der Waals surface area contributed by atoms with E-state index in [2.05, 4.69) is 10.3 Å². The Morgan fingerprint density at radius 2 is 2.26 bits per heavy atom. The average Bonchev–Trinajstić information content (AvgIpc) is 2.35. The normalized spacial score (nSPS) is 21.6. The molecule has 19 heavy (non-hydrogen) atoms. The molecule has 7 nitrogen and oxygen atoms in total. The van der Waals surface area contributed by atoms with Gasteiger partial charge in [-0.25, -0.2) is 4.98 Å². The monoisotopic (exact) mass is 266 g/mol. The van der Waals surface area contributed by atoms with Crippen LogP contribution in [0.15, 0.2) is 12.1 Å². The van der Waals surface area contributed by atoms with Gasteiger partial charge in [-0.05, 0) is 24.8 Å². The fraction of sp³-hybridized carbons (Fsp3) is 0.583. The van der Waals surface area contributed by atoms with E-state index in [1.54, 1.807) is 25.1 Å². The molecule has 0 bridgehead atoms. The van der Waals surface area contributed by atoms with E-state index >= 15 is 0 Å². The van der Waals surface area contributed by atoms with Crippen LogP contribution >= 0.6 is 0 Å². The predicted octanol–water partition coefficient (Wildman–Crippen LogP) is 1.24. The highest BCUT2D eigenvalue weighted by Crippen LogP contribution is 2.32. The van der Waals surface area contributed by atoms with Crippen molar-refractivity contribution in [1.82, 2.24) is 4.98 Å². The second kappa shape index (κ2) is 5.40. The first-order valence-electron chi connectivity index (χ1n) is 6.23. The van der Waals surface area contributed by atoms with Gasteiger partial charge in [-0.1, -0.05) is 0 Å². The summed E-state index contributed by atoms with van der Waals surface area (Å²) >= 11 is 0. The minimum atomic E-state index is -0.423. The number of aliphatic hydroxyl groups excluding tert-OH is 1. The molecule has 1 fully saturated rings. The highest BCUT2D eigenvalue weighted by atomic mass is 16.6.